The SMILES string of the molecule is O=S(=O)(Nc1nccn1C1CCCCC1)c1ccc(Cl)cc1. The van der Waals surface area contributed by atoms with Gasteiger partial charge in [-0.15, -0.1) is 0 Å². The molecule has 3 rings (SSSR count). The molecule has 22 heavy (non-hydrogen) atoms. The summed E-state index contributed by atoms with van der Waals surface area (Å²) in [4.78, 5) is 4.34. The Balaban J connectivity index is 1.83. The fourth-order valence-electron chi connectivity index (χ4n) is 2.84. The average molecular weight is 340 g/mol. The van der Waals surface area contributed by atoms with E-state index in [4.69, 9.17) is 11.6 Å². The van der Waals surface area contributed by atoms with Crippen molar-refractivity contribution in [1.29, 1.82) is 0 Å². The molecule has 1 aliphatic rings. The van der Waals surface area contributed by atoms with Crippen LogP contribution in [0.1, 0.15) is 38.1 Å². The topological polar surface area (TPSA) is 64.0 Å². The lowest BCUT2D eigenvalue weighted by atomic mass is 9.95. The fraction of sp³-hybridized carbons (Fsp3) is 0.400. The first-order chi connectivity index (χ1) is 10.6. The number of anilines is 1. The monoisotopic (exact) mass is 339 g/mol. The van der Waals surface area contributed by atoms with Crippen molar-refractivity contribution in [2.45, 2.75) is 43.0 Å². The van der Waals surface area contributed by atoms with E-state index in [0.717, 1.165) is 12.8 Å². The summed E-state index contributed by atoms with van der Waals surface area (Å²) >= 11 is 5.80. The number of nitrogens with zero attached hydrogens (tertiary/aromatic N) is 2. The van der Waals surface area contributed by atoms with Gasteiger partial charge >= 0.3 is 0 Å². The molecule has 118 valence electrons. The van der Waals surface area contributed by atoms with E-state index < -0.39 is 10.0 Å². The predicted octanol–water partition coefficient (Wildman–Crippen LogP) is 3.84. The van der Waals surface area contributed by atoms with Crippen LogP contribution in [0.4, 0.5) is 5.95 Å². The van der Waals surface area contributed by atoms with Crippen molar-refractivity contribution in [1.82, 2.24) is 9.55 Å². The highest BCUT2D eigenvalue weighted by Crippen LogP contribution is 2.30. The molecule has 1 heterocycles. The standard InChI is InChI=1S/C15H18ClN3O2S/c16-12-6-8-14(9-7-12)22(20,21)18-15-17-10-11-19(15)13-4-2-1-3-5-13/h6-11,13H,1-5H2,(H,17,18). The molecule has 0 amide bonds. The number of sulfonamides is 1. The lowest BCUT2D eigenvalue weighted by Gasteiger charge is -2.24. The Kier molecular flexibility index (Phi) is 4.40. The van der Waals surface area contributed by atoms with Crippen molar-refractivity contribution < 1.29 is 8.42 Å². The molecule has 0 atom stereocenters. The summed E-state index contributed by atoms with van der Waals surface area (Å²) < 4.78 is 29.4. The lowest BCUT2D eigenvalue weighted by molar-refractivity contribution is 0.356. The molecule has 1 aromatic heterocycles. The Morgan fingerprint density at radius 1 is 1.14 bits per heavy atom. The number of hydrogen-bond acceptors (Lipinski definition) is 3. The quantitative estimate of drug-likeness (QED) is 0.920. The van der Waals surface area contributed by atoms with Crippen LogP contribution in [-0.4, -0.2) is 18.0 Å². The van der Waals surface area contributed by atoms with Gasteiger partial charge in [-0.05, 0) is 37.1 Å². The minimum atomic E-state index is -3.65. The number of rotatable bonds is 4. The van der Waals surface area contributed by atoms with Gasteiger partial charge < -0.3 is 4.57 Å². The summed E-state index contributed by atoms with van der Waals surface area (Å²) in [5, 5.41) is 0.502. The maximum absolute atomic E-state index is 12.4. The van der Waals surface area contributed by atoms with Crippen LogP contribution in [0, 0.1) is 0 Å². The zero-order valence-electron chi connectivity index (χ0n) is 12.1. The maximum atomic E-state index is 12.4. The van der Waals surface area contributed by atoms with E-state index in [9.17, 15) is 8.42 Å². The number of halogens is 1. The molecule has 1 saturated carbocycles. The van der Waals surface area contributed by atoms with Crippen LogP contribution in [-0.2, 0) is 10.0 Å². The van der Waals surface area contributed by atoms with Crippen molar-refractivity contribution in [2.75, 3.05) is 4.72 Å². The Morgan fingerprint density at radius 3 is 2.50 bits per heavy atom. The molecule has 1 fully saturated rings. The van der Waals surface area contributed by atoms with Crippen LogP contribution in [0.3, 0.4) is 0 Å². The highest BCUT2D eigenvalue weighted by atomic mass is 35.5. The Hall–Kier alpha value is -1.53. The van der Waals surface area contributed by atoms with Crippen LogP contribution in [0.15, 0.2) is 41.6 Å². The van der Waals surface area contributed by atoms with Gasteiger partial charge in [-0.25, -0.2) is 18.1 Å². The second-order valence-corrected chi connectivity index (χ2v) is 7.63. The van der Waals surface area contributed by atoms with Crippen molar-refractivity contribution in [3.8, 4) is 0 Å². The van der Waals surface area contributed by atoms with Crippen LogP contribution in [0.5, 0.6) is 0 Å². The molecule has 1 aromatic carbocycles. The van der Waals surface area contributed by atoms with Gasteiger partial charge in [0, 0.05) is 23.5 Å². The first-order valence-electron chi connectivity index (χ1n) is 7.37. The molecule has 0 bridgehead atoms. The number of nitrogens with one attached hydrogen (secondary N) is 1. The Bertz CT molecular complexity index is 734. The maximum Gasteiger partial charge on any atom is 0.264 e. The zero-order valence-corrected chi connectivity index (χ0v) is 13.6. The van der Waals surface area contributed by atoms with Crippen LogP contribution in [0.25, 0.3) is 0 Å². The van der Waals surface area contributed by atoms with Gasteiger partial charge in [0.1, 0.15) is 0 Å². The third kappa shape index (κ3) is 3.28. The Morgan fingerprint density at radius 2 is 1.82 bits per heavy atom. The molecule has 1 aliphatic carbocycles. The van der Waals surface area contributed by atoms with Crippen LogP contribution in [0.2, 0.25) is 5.02 Å². The molecule has 0 aliphatic heterocycles. The third-order valence-electron chi connectivity index (χ3n) is 3.99. The summed E-state index contributed by atoms with van der Waals surface area (Å²) in [6.07, 6.45) is 9.19. The Labute approximate surface area is 135 Å². The summed E-state index contributed by atoms with van der Waals surface area (Å²) in [5.74, 6) is 0.377. The summed E-state index contributed by atoms with van der Waals surface area (Å²) in [7, 11) is -3.65. The van der Waals surface area contributed by atoms with Crippen molar-refractivity contribution >= 4 is 27.6 Å². The molecule has 7 heteroatoms. The molecular formula is C15H18ClN3O2S. The van der Waals surface area contributed by atoms with Crippen molar-refractivity contribution in [3.63, 3.8) is 0 Å². The van der Waals surface area contributed by atoms with E-state index in [2.05, 4.69) is 9.71 Å². The van der Waals surface area contributed by atoms with E-state index in [1.807, 2.05) is 10.8 Å². The number of benzene rings is 1. The van der Waals surface area contributed by atoms with E-state index in [1.54, 1.807) is 18.3 Å². The van der Waals surface area contributed by atoms with E-state index in [1.165, 1.54) is 31.4 Å². The number of aromatic nitrogens is 2. The van der Waals surface area contributed by atoms with E-state index in [-0.39, 0.29) is 4.90 Å². The van der Waals surface area contributed by atoms with Gasteiger partial charge in [0.05, 0.1) is 4.90 Å². The smallest absolute Gasteiger partial charge is 0.264 e. The number of imidazole rings is 1. The van der Waals surface area contributed by atoms with Gasteiger partial charge in [-0.1, -0.05) is 30.9 Å². The first-order valence-corrected chi connectivity index (χ1v) is 9.23. The van der Waals surface area contributed by atoms with Gasteiger partial charge in [0.15, 0.2) is 0 Å². The molecule has 0 unspecified atom stereocenters. The van der Waals surface area contributed by atoms with Gasteiger partial charge in [-0.2, -0.15) is 0 Å². The normalized spacial score (nSPS) is 16.6. The second kappa shape index (κ2) is 6.30. The minimum Gasteiger partial charge on any atom is -0.314 e. The summed E-state index contributed by atoms with van der Waals surface area (Å²) in [6.45, 7) is 0. The van der Waals surface area contributed by atoms with Crippen molar-refractivity contribution in [2.24, 2.45) is 0 Å². The highest BCUT2D eigenvalue weighted by molar-refractivity contribution is 7.92. The molecule has 1 N–H and O–H groups in total. The predicted molar refractivity (Wildman–Crippen MR) is 86.6 cm³/mol. The molecular weight excluding hydrogens is 322 g/mol. The third-order valence-corrected chi connectivity index (χ3v) is 5.58. The summed E-state index contributed by atoms with van der Waals surface area (Å²) in [6, 6.07) is 6.41. The molecule has 2 aromatic rings. The van der Waals surface area contributed by atoms with Gasteiger partial charge in [0.2, 0.25) is 5.95 Å². The lowest BCUT2D eigenvalue weighted by Crippen LogP contribution is -2.20. The van der Waals surface area contributed by atoms with Gasteiger partial charge in [-0.3, -0.25) is 0 Å². The fourth-order valence-corrected chi connectivity index (χ4v) is 3.98. The van der Waals surface area contributed by atoms with E-state index >= 15 is 0 Å². The highest BCUT2D eigenvalue weighted by Gasteiger charge is 2.21. The largest absolute Gasteiger partial charge is 0.314 e. The van der Waals surface area contributed by atoms with Crippen molar-refractivity contribution in [3.05, 3.63) is 41.7 Å². The molecule has 0 spiro atoms. The minimum absolute atomic E-state index is 0.176. The van der Waals surface area contributed by atoms with Crippen LogP contribution >= 0.6 is 11.6 Å². The van der Waals surface area contributed by atoms with E-state index in [0.29, 0.717) is 17.0 Å². The van der Waals surface area contributed by atoms with Crippen LogP contribution < -0.4 is 4.72 Å². The summed E-state index contributed by atoms with van der Waals surface area (Å²) in [5.41, 5.74) is 0. The molecule has 0 saturated heterocycles. The van der Waals surface area contributed by atoms with Gasteiger partial charge in [0.25, 0.3) is 10.0 Å². The average Bonchev–Trinajstić information content (AvgIpc) is 2.96. The second-order valence-electron chi connectivity index (χ2n) is 5.51. The first kappa shape index (κ1) is 15.4. The zero-order chi connectivity index (χ0) is 15.6. The number of hydrogen-bond donors (Lipinski definition) is 1. The molecule has 5 nitrogen and oxygen atoms in total. The molecule has 0 radical (unpaired) electrons.